The summed E-state index contributed by atoms with van der Waals surface area (Å²) >= 11 is 6.12. The van der Waals surface area contributed by atoms with Crippen LogP contribution >= 0.6 is 11.6 Å². The molecule has 0 spiro atoms. The average molecular weight is 384 g/mol. The lowest BCUT2D eigenvalue weighted by molar-refractivity contribution is -0.112. The van der Waals surface area contributed by atoms with E-state index in [-0.39, 0.29) is 17.5 Å². The third-order valence-electron chi connectivity index (χ3n) is 4.49. The highest BCUT2D eigenvalue weighted by atomic mass is 35.5. The fourth-order valence-corrected chi connectivity index (χ4v) is 3.25. The first-order valence-corrected chi connectivity index (χ1v) is 9.54. The lowest BCUT2D eigenvalue weighted by Crippen LogP contribution is -2.32. The summed E-state index contributed by atoms with van der Waals surface area (Å²) in [5.74, 6) is -0.571. The normalized spacial score (nSPS) is 14.5. The van der Waals surface area contributed by atoms with Gasteiger partial charge < -0.3 is 4.90 Å². The number of benzene rings is 2. The van der Waals surface area contributed by atoms with Crippen LogP contribution < -0.4 is 10.3 Å². The third kappa shape index (κ3) is 4.37. The molecule has 2 aromatic rings. The molecular weight excluding hydrogens is 362 g/mol. The quantitative estimate of drug-likeness (QED) is 0.569. The molecule has 5 nitrogen and oxygen atoms in total. The Bertz CT molecular complexity index is 865. The van der Waals surface area contributed by atoms with Crippen molar-refractivity contribution in [3.8, 4) is 0 Å². The molecule has 0 unspecified atom stereocenters. The highest BCUT2D eigenvalue weighted by Gasteiger charge is 2.34. The van der Waals surface area contributed by atoms with Crippen LogP contribution in [0, 0.1) is 0 Å². The van der Waals surface area contributed by atoms with Crippen molar-refractivity contribution in [2.75, 3.05) is 11.4 Å². The zero-order valence-electron chi connectivity index (χ0n) is 15.2. The number of halogens is 1. The van der Waals surface area contributed by atoms with Crippen LogP contribution in [0.3, 0.4) is 0 Å². The van der Waals surface area contributed by atoms with Gasteiger partial charge in [0.05, 0.1) is 5.69 Å². The van der Waals surface area contributed by atoms with E-state index < -0.39 is 0 Å². The molecule has 0 bridgehead atoms. The van der Waals surface area contributed by atoms with E-state index in [4.69, 9.17) is 11.6 Å². The summed E-state index contributed by atoms with van der Waals surface area (Å²) in [6, 6.07) is 14.1. The smallest absolute Gasteiger partial charge is 0.279 e. The van der Waals surface area contributed by atoms with Gasteiger partial charge in [0.25, 0.3) is 11.8 Å². The Labute approximate surface area is 164 Å². The number of fused-ring (bicyclic) bond motifs is 1. The van der Waals surface area contributed by atoms with Crippen molar-refractivity contribution in [2.45, 2.75) is 32.6 Å². The topological polar surface area (TPSA) is 61.8 Å². The third-order valence-corrected chi connectivity index (χ3v) is 4.73. The molecule has 0 saturated carbocycles. The number of hydrazone groups is 1. The molecule has 3 rings (SSSR count). The number of unbranched alkanes of at least 4 members (excludes halogenated alkanes) is 3. The first-order valence-electron chi connectivity index (χ1n) is 9.16. The molecule has 6 heteroatoms. The second-order valence-corrected chi connectivity index (χ2v) is 6.88. The number of carbonyl (C=O) groups is 2. The molecule has 1 heterocycles. The van der Waals surface area contributed by atoms with Crippen LogP contribution in [0.15, 0.2) is 53.6 Å². The predicted molar refractivity (Wildman–Crippen MR) is 108 cm³/mol. The van der Waals surface area contributed by atoms with Crippen molar-refractivity contribution in [3.05, 3.63) is 64.7 Å². The second kappa shape index (κ2) is 8.82. The SMILES string of the molecule is CCCCCCN1C(=O)/C(=N\NC(=O)c2ccccc2)c2cc(Cl)ccc21. The minimum absolute atomic E-state index is 0.211. The van der Waals surface area contributed by atoms with E-state index in [1.165, 1.54) is 0 Å². The van der Waals surface area contributed by atoms with Gasteiger partial charge >= 0.3 is 0 Å². The fourth-order valence-electron chi connectivity index (χ4n) is 3.07. The fraction of sp³-hybridized carbons (Fsp3) is 0.286. The van der Waals surface area contributed by atoms with Gasteiger partial charge in [0.2, 0.25) is 0 Å². The Balaban J connectivity index is 1.81. The lowest BCUT2D eigenvalue weighted by atomic mass is 10.1. The summed E-state index contributed by atoms with van der Waals surface area (Å²) in [5, 5.41) is 4.65. The first-order chi connectivity index (χ1) is 13.1. The molecule has 0 aliphatic carbocycles. The van der Waals surface area contributed by atoms with Gasteiger partial charge in [0.15, 0.2) is 5.71 Å². The molecule has 0 atom stereocenters. The zero-order chi connectivity index (χ0) is 19.2. The Morgan fingerprint density at radius 2 is 1.89 bits per heavy atom. The van der Waals surface area contributed by atoms with Crippen LogP contribution in [-0.2, 0) is 4.79 Å². The number of hydrogen-bond acceptors (Lipinski definition) is 3. The van der Waals surface area contributed by atoms with Gasteiger partial charge in [-0.05, 0) is 36.8 Å². The van der Waals surface area contributed by atoms with E-state index in [2.05, 4.69) is 17.5 Å². The maximum absolute atomic E-state index is 12.9. The van der Waals surface area contributed by atoms with Crippen LogP contribution in [0.2, 0.25) is 5.02 Å². The average Bonchev–Trinajstić information content (AvgIpc) is 2.94. The van der Waals surface area contributed by atoms with Gasteiger partial charge in [-0.2, -0.15) is 5.10 Å². The number of nitrogens with one attached hydrogen (secondary N) is 1. The highest BCUT2D eigenvalue weighted by Crippen LogP contribution is 2.32. The minimum atomic E-state index is -0.360. The Hall–Kier alpha value is -2.66. The van der Waals surface area contributed by atoms with E-state index >= 15 is 0 Å². The van der Waals surface area contributed by atoms with Crippen LogP contribution in [0.4, 0.5) is 5.69 Å². The summed E-state index contributed by atoms with van der Waals surface area (Å²) in [6.07, 6.45) is 4.27. The summed E-state index contributed by atoms with van der Waals surface area (Å²) in [4.78, 5) is 26.8. The maximum Gasteiger partial charge on any atom is 0.279 e. The molecule has 27 heavy (non-hydrogen) atoms. The summed E-state index contributed by atoms with van der Waals surface area (Å²) in [6.45, 7) is 2.78. The van der Waals surface area contributed by atoms with E-state index in [1.807, 2.05) is 12.1 Å². The summed E-state index contributed by atoms with van der Waals surface area (Å²) in [5.41, 5.74) is 4.62. The van der Waals surface area contributed by atoms with Gasteiger partial charge in [-0.3, -0.25) is 9.59 Å². The molecule has 1 N–H and O–H groups in total. The van der Waals surface area contributed by atoms with Crippen LogP contribution in [0.5, 0.6) is 0 Å². The molecule has 0 fully saturated rings. The maximum atomic E-state index is 12.9. The Kier molecular flexibility index (Phi) is 6.24. The van der Waals surface area contributed by atoms with E-state index in [0.717, 1.165) is 31.4 Å². The highest BCUT2D eigenvalue weighted by molar-refractivity contribution is 6.54. The zero-order valence-corrected chi connectivity index (χ0v) is 16.0. The molecule has 140 valence electrons. The number of nitrogens with zero attached hydrogens (tertiary/aromatic N) is 2. The Morgan fingerprint density at radius 1 is 1.11 bits per heavy atom. The number of anilines is 1. The first kappa shape index (κ1) is 19.1. The number of amides is 2. The molecule has 1 aliphatic rings. The largest absolute Gasteiger partial charge is 0.306 e. The standard InChI is InChI=1S/C21H22ClN3O2/c1-2-3-4-8-13-25-18-12-11-16(22)14-17(18)19(21(25)27)23-24-20(26)15-9-6-5-7-10-15/h5-7,9-12,14H,2-4,8,13H2,1H3,(H,24,26)/b23-19-. The van der Waals surface area contributed by atoms with Crippen molar-refractivity contribution in [1.29, 1.82) is 0 Å². The van der Waals surface area contributed by atoms with Crippen LogP contribution in [0.1, 0.15) is 48.5 Å². The molecule has 2 amide bonds. The van der Waals surface area contributed by atoms with Crippen molar-refractivity contribution in [3.63, 3.8) is 0 Å². The van der Waals surface area contributed by atoms with Crippen molar-refractivity contribution >= 4 is 34.8 Å². The molecule has 0 saturated heterocycles. The van der Waals surface area contributed by atoms with Gasteiger partial charge in [0.1, 0.15) is 0 Å². The summed E-state index contributed by atoms with van der Waals surface area (Å²) in [7, 11) is 0. The molecule has 1 aliphatic heterocycles. The predicted octanol–water partition coefficient (Wildman–Crippen LogP) is 4.40. The van der Waals surface area contributed by atoms with E-state index in [0.29, 0.717) is 22.7 Å². The molecule has 0 radical (unpaired) electrons. The number of carbonyl (C=O) groups excluding carboxylic acids is 2. The van der Waals surface area contributed by atoms with Crippen LogP contribution in [-0.4, -0.2) is 24.1 Å². The van der Waals surface area contributed by atoms with Gasteiger partial charge in [-0.1, -0.05) is 56.0 Å². The van der Waals surface area contributed by atoms with Gasteiger partial charge in [0, 0.05) is 22.7 Å². The Morgan fingerprint density at radius 3 is 2.63 bits per heavy atom. The summed E-state index contributed by atoms with van der Waals surface area (Å²) < 4.78 is 0. The van der Waals surface area contributed by atoms with Crippen molar-refractivity contribution in [1.82, 2.24) is 5.43 Å². The van der Waals surface area contributed by atoms with Gasteiger partial charge in [-0.25, -0.2) is 5.43 Å². The van der Waals surface area contributed by atoms with Crippen LogP contribution in [0.25, 0.3) is 0 Å². The lowest BCUT2D eigenvalue weighted by Gasteiger charge is -2.16. The van der Waals surface area contributed by atoms with E-state index in [9.17, 15) is 9.59 Å². The second-order valence-electron chi connectivity index (χ2n) is 6.45. The van der Waals surface area contributed by atoms with Crippen molar-refractivity contribution < 1.29 is 9.59 Å². The van der Waals surface area contributed by atoms with E-state index in [1.54, 1.807) is 41.3 Å². The van der Waals surface area contributed by atoms with Gasteiger partial charge in [-0.15, -0.1) is 0 Å². The van der Waals surface area contributed by atoms with Crippen molar-refractivity contribution in [2.24, 2.45) is 5.10 Å². The molecule has 2 aromatic carbocycles. The molecule has 0 aromatic heterocycles. The monoisotopic (exact) mass is 383 g/mol. The number of rotatable bonds is 7. The minimum Gasteiger partial charge on any atom is -0.306 e. The molecular formula is C21H22ClN3O2. The number of hydrogen-bond donors (Lipinski definition) is 1.